The average molecular weight is 194 g/mol. The summed E-state index contributed by atoms with van der Waals surface area (Å²) < 4.78 is 0. The normalized spacial score (nSPS) is 10.3. The summed E-state index contributed by atoms with van der Waals surface area (Å²) in [5, 5.41) is 8.86. The quantitative estimate of drug-likeness (QED) is 0.748. The van der Waals surface area contributed by atoms with Crippen molar-refractivity contribution in [1.82, 2.24) is 0 Å². The van der Waals surface area contributed by atoms with Crippen molar-refractivity contribution in [2.24, 2.45) is 5.73 Å². The number of nitrogens with two attached hydrogens (primary N) is 1. The van der Waals surface area contributed by atoms with E-state index in [0.29, 0.717) is 13.1 Å². The van der Waals surface area contributed by atoms with Gasteiger partial charge in [0.1, 0.15) is 0 Å². The maximum absolute atomic E-state index is 8.86. The maximum atomic E-state index is 8.86. The molecule has 0 atom stereocenters. The van der Waals surface area contributed by atoms with Crippen molar-refractivity contribution in [3.05, 3.63) is 29.3 Å². The third-order valence-corrected chi connectivity index (χ3v) is 2.31. The fraction of sp³-hybridized carbons (Fsp3) is 0.455. The molecule has 0 amide bonds. The van der Waals surface area contributed by atoms with Crippen molar-refractivity contribution >= 4 is 5.69 Å². The number of benzene rings is 1. The predicted octanol–water partition coefficient (Wildman–Crippen LogP) is 0.882. The molecule has 1 rings (SSSR count). The SMILES string of the molecule is Cc1ccc(CN)c(N(C)CCO)c1. The fourth-order valence-electron chi connectivity index (χ4n) is 1.47. The molecule has 0 heterocycles. The number of nitrogens with zero attached hydrogens (tertiary/aromatic N) is 1. The summed E-state index contributed by atoms with van der Waals surface area (Å²) in [6, 6.07) is 6.19. The number of hydrogen-bond acceptors (Lipinski definition) is 3. The highest BCUT2D eigenvalue weighted by molar-refractivity contribution is 5.54. The Morgan fingerprint density at radius 1 is 1.43 bits per heavy atom. The van der Waals surface area contributed by atoms with Gasteiger partial charge >= 0.3 is 0 Å². The van der Waals surface area contributed by atoms with Gasteiger partial charge in [-0.3, -0.25) is 0 Å². The van der Waals surface area contributed by atoms with Crippen LogP contribution in [0, 0.1) is 6.92 Å². The molecule has 0 spiro atoms. The molecule has 0 radical (unpaired) electrons. The number of rotatable bonds is 4. The summed E-state index contributed by atoms with van der Waals surface area (Å²) in [5.41, 5.74) is 9.09. The molecule has 0 aliphatic carbocycles. The topological polar surface area (TPSA) is 49.5 Å². The van der Waals surface area contributed by atoms with Gasteiger partial charge in [0.2, 0.25) is 0 Å². The molecule has 0 aliphatic rings. The Hall–Kier alpha value is -1.06. The highest BCUT2D eigenvalue weighted by Gasteiger charge is 2.05. The molecular formula is C11H18N2O. The van der Waals surface area contributed by atoms with Crippen LogP contribution in [-0.4, -0.2) is 25.3 Å². The van der Waals surface area contributed by atoms with Crippen molar-refractivity contribution in [2.45, 2.75) is 13.5 Å². The number of aliphatic hydroxyl groups is 1. The summed E-state index contributed by atoms with van der Waals surface area (Å²) in [6.45, 7) is 3.38. The summed E-state index contributed by atoms with van der Waals surface area (Å²) in [7, 11) is 1.96. The van der Waals surface area contributed by atoms with Gasteiger partial charge in [0.25, 0.3) is 0 Å². The lowest BCUT2D eigenvalue weighted by atomic mass is 10.1. The summed E-state index contributed by atoms with van der Waals surface area (Å²) in [6.07, 6.45) is 0. The summed E-state index contributed by atoms with van der Waals surface area (Å²) >= 11 is 0. The number of anilines is 1. The second kappa shape index (κ2) is 4.98. The van der Waals surface area contributed by atoms with Gasteiger partial charge in [-0.15, -0.1) is 0 Å². The van der Waals surface area contributed by atoms with Crippen molar-refractivity contribution < 1.29 is 5.11 Å². The highest BCUT2D eigenvalue weighted by Crippen LogP contribution is 2.20. The standard InChI is InChI=1S/C11H18N2O/c1-9-3-4-10(8-12)11(7-9)13(2)5-6-14/h3-4,7,14H,5-6,8,12H2,1-2H3. The fourth-order valence-corrected chi connectivity index (χ4v) is 1.47. The van der Waals surface area contributed by atoms with Crippen LogP contribution in [0.1, 0.15) is 11.1 Å². The van der Waals surface area contributed by atoms with Gasteiger partial charge in [0.05, 0.1) is 6.61 Å². The number of likely N-dealkylation sites (N-methyl/N-ethyl adjacent to an activating group) is 1. The van der Waals surface area contributed by atoms with E-state index in [1.807, 2.05) is 18.0 Å². The summed E-state index contributed by atoms with van der Waals surface area (Å²) in [4.78, 5) is 2.02. The van der Waals surface area contributed by atoms with E-state index in [1.54, 1.807) is 0 Å². The van der Waals surface area contributed by atoms with E-state index in [-0.39, 0.29) is 6.61 Å². The molecule has 14 heavy (non-hydrogen) atoms. The Labute approximate surface area is 85.2 Å². The van der Waals surface area contributed by atoms with Gasteiger partial charge in [0.15, 0.2) is 0 Å². The van der Waals surface area contributed by atoms with E-state index in [9.17, 15) is 0 Å². The van der Waals surface area contributed by atoms with Gasteiger partial charge in [-0.1, -0.05) is 12.1 Å². The third-order valence-electron chi connectivity index (χ3n) is 2.31. The second-order valence-electron chi connectivity index (χ2n) is 3.48. The van der Waals surface area contributed by atoms with E-state index < -0.39 is 0 Å². The Bertz CT molecular complexity index is 299. The predicted molar refractivity (Wildman–Crippen MR) is 59.4 cm³/mol. The lowest BCUT2D eigenvalue weighted by Gasteiger charge is -2.21. The minimum absolute atomic E-state index is 0.161. The Morgan fingerprint density at radius 3 is 2.71 bits per heavy atom. The molecular weight excluding hydrogens is 176 g/mol. The summed E-state index contributed by atoms with van der Waals surface area (Å²) in [5.74, 6) is 0. The van der Waals surface area contributed by atoms with Crippen LogP contribution in [-0.2, 0) is 6.54 Å². The van der Waals surface area contributed by atoms with E-state index in [1.165, 1.54) is 5.56 Å². The average Bonchev–Trinajstić information content (AvgIpc) is 2.18. The first-order valence-corrected chi connectivity index (χ1v) is 4.80. The van der Waals surface area contributed by atoms with Crippen LogP contribution in [0.15, 0.2) is 18.2 Å². The zero-order valence-corrected chi connectivity index (χ0v) is 8.83. The van der Waals surface area contributed by atoms with E-state index >= 15 is 0 Å². The molecule has 0 aliphatic heterocycles. The number of aryl methyl sites for hydroxylation is 1. The molecule has 1 aromatic carbocycles. The van der Waals surface area contributed by atoms with Crippen LogP contribution in [0.2, 0.25) is 0 Å². The Morgan fingerprint density at radius 2 is 2.14 bits per heavy atom. The van der Waals surface area contributed by atoms with E-state index in [2.05, 4.69) is 19.1 Å². The van der Waals surface area contributed by atoms with Gasteiger partial charge in [0, 0.05) is 25.8 Å². The van der Waals surface area contributed by atoms with E-state index in [0.717, 1.165) is 11.3 Å². The molecule has 0 saturated carbocycles. The van der Waals surface area contributed by atoms with Crippen LogP contribution in [0.5, 0.6) is 0 Å². The first-order chi connectivity index (χ1) is 6.69. The molecule has 1 aromatic rings. The second-order valence-corrected chi connectivity index (χ2v) is 3.48. The minimum atomic E-state index is 0.161. The van der Waals surface area contributed by atoms with Crippen LogP contribution in [0.4, 0.5) is 5.69 Å². The molecule has 0 fully saturated rings. The van der Waals surface area contributed by atoms with Gasteiger partial charge < -0.3 is 15.7 Å². The molecule has 3 heteroatoms. The lowest BCUT2D eigenvalue weighted by molar-refractivity contribution is 0.304. The molecule has 0 bridgehead atoms. The number of aliphatic hydroxyl groups excluding tert-OH is 1. The Kier molecular flexibility index (Phi) is 3.92. The van der Waals surface area contributed by atoms with Crippen LogP contribution < -0.4 is 10.6 Å². The van der Waals surface area contributed by atoms with Gasteiger partial charge in [-0.2, -0.15) is 0 Å². The number of hydrogen-bond donors (Lipinski definition) is 2. The lowest BCUT2D eigenvalue weighted by Crippen LogP contribution is -2.23. The van der Waals surface area contributed by atoms with Crippen molar-refractivity contribution in [3.8, 4) is 0 Å². The molecule has 3 nitrogen and oxygen atoms in total. The largest absolute Gasteiger partial charge is 0.395 e. The molecule has 0 unspecified atom stereocenters. The van der Waals surface area contributed by atoms with Gasteiger partial charge in [-0.05, 0) is 24.1 Å². The smallest absolute Gasteiger partial charge is 0.0606 e. The Balaban J connectivity index is 2.97. The van der Waals surface area contributed by atoms with Crippen molar-refractivity contribution in [2.75, 3.05) is 25.1 Å². The minimum Gasteiger partial charge on any atom is -0.395 e. The van der Waals surface area contributed by atoms with Crippen LogP contribution in [0.25, 0.3) is 0 Å². The van der Waals surface area contributed by atoms with Crippen LogP contribution >= 0.6 is 0 Å². The van der Waals surface area contributed by atoms with Crippen molar-refractivity contribution in [1.29, 1.82) is 0 Å². The van der Waals surface area contributed by atoms with E-state index in [4.69, 9.17) is 10.8 Å². The molecule has 3 N–H and O–H groups in total. The van der Waals surface area contributed by atoms with Crippen LogP contribution in [0.3, 0.4) is 0 Å². The molecule has 0 aromatic heterocycles. The maximum Gasteiger partial charge on any atom is 0.0606 e. The zero-order chi connectivity index (χ0) is 10.6. The molecule has 0 saturated heterocycles. The molecule has 78 valence electrons. The van der Waals surface area contributed by atoms with Crippen molar-refractivity contribution in [3.63, 3.8) is 0 Å². The third kappa shape index (κ3) is 2.47. The van der Waals surface area contributed by atoms with Gasteiger partial charge in [-0.25, -0.2) is 0 Å². The monoisotopic (exact) mass is 194 g/mol. The zero-order valence-electron chi connectivity index (χ0n) is 8.83. The first-order valence-electron chi connectivity index (χ1n) is 4.80. The first kappa shape index (κ1) is 11.0. The highest BCUT2D eigenvalue weighted by atomic mass is 16.3.